The number of alkyl halides is 3. The number of benzene rings is 2. The molecule has 0 amide bonds. The highest BCUT2D eigenvalue weighted by atomic mass is 19.4. The molecule has 7 heteroatoms. The molecule has 1 aliphatic heterocycles. The van der Waals surface area contributed by atoms with Crippen molar-refractivity contribution in [1.29, 1.82) is 5.26 Å². The summed E-state index contributed by atoms with van der Waals surface area (Å²) >= 11 is 0. The molecule has 36 heavy (non-hydrogen) atoms. The number of halogens is 3. The number of hydrogen-bond donors (Lipinski definition) is 0. The van der Waals surface area contributed by atoms with Crippen LogP contribution in [0.1, 0.15) is 60.8 Å². The van der Waals surface area contributed by atoms with E-state index in [1.807, 2.05) is 24.3 Å². The molecule has 0 aromatic heterocycles. The molecule has 0 bridgehead atoms. The van der Waals surface area contributed by atoms with Gasteiger partial charge in [-0.2, -0.15) is 18.4 Å². The average Bonchev–Trinajstić information content (AvgIpc) is 3.17. The van der Waals surface area contributed by atoms with Gasteiger partial charge in [0.1, 0.15) is 0 Å². The van der Waals surface area contributed by atoms with Crippen molar-refractivity contribution in [3.63, 3.8) is 0 Å². The van der Waals surface area contributed by atoms with Gasteiger partial charge in [-0.25, -0.2) is 0 Å². The minimum atomic E-state index is -4.31. The summed E-state index contributed by atoms with van der Waals surface area (Å²) in [5.41, 5.74) is 2.06. The van der Waals surface area contributed by atoms with Crippen molar-refractivity contribution >= 4 is 0 Å². The molecule has 0 N–H and O–H groups in total. The lowest BCUT2D eigenvalue weighted by Gasteiger charge is -2.37. The van der Waals surface area contributed by atoms with E-state index >= 15 is 0 Å². The largest absolute Gasteiger partial charge is 0.416 e. The molecule has 1 heterocycles. The lowest BCUT2D eigenvalue weighted by Crippen LogP contribution is -2.49. The highest BCUT2D eigenvalue weighted by molar-refractivity contribution is 5.32. The predicted octanol–water partition coefficient (Wildman–Crippen LogP) is 5.92. The Balaban J connectivity index is 1.33. The van der Waals surface area contributed by atoms with E-state index in [1.165, 1.54) is 43.4 Å². The third-order valence-corrected chi connectivity index (χ3v) is 7.61. The van der Waals surface area contributed by atoms with Crippen LogP contribution in [-0.4, -0.2) is 60.0 Å². The molecule has 1 aliphatic carbocycles. The molecular formula is C29H37F3N4. The maximum absolute atomic E-state index is 13.3. The molecule has 2 aromatic rings. The number of nitriles is 1. The van der Waals surface area contributed by atoms with Crippen LogP contribution in [0.15, 0.2) is 48.5 Å². The molecule has 1 saturated carbocycles. The Hall–Kier alpha value is -2.40. The second-order valence-electron chi connectivity index (χ2n) is 10.2. The second kappa shape index (κ2) is 12.7. The molecular weight excluding hydrogens is 461 g/mol. The first-order chi connectivity index (χ1) is 17.4. The van der Waals surface area contributed by atoms with Crippen LogP contribution in [0.5, 0.6) is 0 Å². The minimum absolute atomic E-state index is 0.441. The fourth-order valence-corrected chi connectivity index (χ4v) is 5.53. The van der Waals surface area contributed by atoms with Crippen LogP contribution in [-0.2, 0) is 19.3 Å². The van der Waals surface area contributed by atoms with E-state index in [9.17, 15) is 13.2 Å². The van der Waals surface area contributed by atoms with Crippen LogP contribution in [0.4, 0.5) is 13.2 Å². The van der Waals surface area contributed by atoms with Crippen LogP contribution < -0.4 is 0 Å². The Labute approximate surface area is 213 Å². The van der Waals surface area contributed by atoms with E-state index in [4.69, 9.17) is 5.26 Å². The summed E-state index contributed by atoms with van der Waals surface area (Å²) in [6.07, 6.45) is 2.88. The van der Waals surface area contributed by atoms with E-state index < -0.39 is 11.7 Å². The highest BCUT2D eigenvalue weighted by Gasteiger charge is 2.31. The van der Waals surface area contributed by atoms with Crippen LogP contribution in [0, 0.1) is 11.3 Å². The van der Waals surface area contributed by atoms with E-state index in [0.29, 0.717) is 18.2 Å². The number of piperazine rings is 1. The van der Waals surface area contributed by atoms with E-state index in [0.717, 1.165) is 70.3 Å². The quantitative estimate of drug-likeness (QED) is 0.423. The van der Waals surface area contributed by atoms with Crippen molar-refractivity contribution in [2.24, 2.45) is 0 Å². The van der Waals surface area contributed by atoms with E-state index in [2.05, 4.69) is 26.8 Å². The van der Waals surface area contributed by atoms with Gasteiger partial charge in [0.2, 0.25) is 0 Å². The molecule has 4 rings (SSSR count). The minimum Gasteiger partial charge on any atom is -0.300 e. The van der Waals surface area contributed by atoms with Crippen molar-refractivity contribution < 1.29 is 13.2 Å². The molecule has 0 atom stereocenters. The Kier molecular flexibility index (Phi) is 9.41. The highest BCUT2D eigenvalue weighted by Crippen LogP contribution is 2.30. The summed E-state index contributed by atoms with van der Waals surface area (Å²) in [7, 11) is 0. The van der Waals surface area contributed by atoms with Gasteiger partial charge in [0.05, 0.1) is 17.2 Å². The molecule has 4 nitrogen and oxygen atoms in total. The fourth-order valence-electron chi connectivity index (χ4n) is 5.53. The van der Waals surface area contributed by atoms with Crippen LogP contribution in [0.2, 0.25) is 0 Å². The first-order valence-electron chi connectivity index (χ1n) is 13.2. The zero-order valence-corrected chi connectivity index (χ0v) is 21.0. The van der Waals surface area contributed by atoms with E-state index in [-0.39, 0.29) is 0 Å². The van der Waals surface area contributed by atoms with Gasteiger partial charge in [0.25, 0.3) is 0 Å². The van der Waals surface area contributed by atoms with Crippen molar-refractivity contribution in [2.75, 3.05) is 39.3 Å². The van der Waals surface area contributed by atoms with Gasteiger partial charge in [-0.3, -0.25) is 14.7 Å². The van der Waals surface area contributed by atoms with Gasteiger partial charge in [0.15, 0.2) is 0 Å². The monoisotopic (exact) mass is 498 g/mol. The first-order valence-corrected chi connectivity index (χ1v) is 13.2. The van der Waals surface area contributed by atoms with Gasteiger partial charge in [0, 0.05) is 58.4 Å². The van der Waals surface area contributed by atoms with Gasteiger partial charge >= 0.3 is 6.18 Å². The predicted molar refractivity (Wildman–Crippen MR) is 136 cm³/mol. The summed E-state index contributed by atoms with van der Waals surface area (Å²) in [5.74, 6) is 0. The summed E-state index contributed by atoms with van der Waals surface area (Å²) in [6.45, 7) is 7.18. The summed E-state index contributed by atoms with van der Waals surface area (Å²) in [6, 6.07) is 16.3. The van der Waals surface area contributed by atoms with Crippen LogP contribution in [0.25, 0.3) is 0 Å². The maximum atomic E-state index is 13.3. The van der Waals surface area contributed by atoms with Crippen molar-refractivity contribution in [3.05, 3.63) is 70.8 Å². The molecule has 0 spiro atoms. The normalized spacial score (nSPS) is 18.8. The number of rotatable bonds is 8. The molecule has 1 saturated heterocycles. The lowest BCUT2D eigenvalue weighted by molar-refractivity contribution is -0.137. The van der Waals surface area contributed by atoms with Crippen molar-refractivity contribution in [3.8, 4) is 6.07 Å². The zero-order chi connectivity index (χ0) is 25.4. The maximum Gasteiger partial charge on any atom is 0.416 e. The van der Waals surface area contributed by atoms with Gasteiger partial charge in [-0.15, -0.1) is 0 Å². The fraction of sp³-hybridized carbons (Fsp3) is 0.552. The third-order valence-electron chi connectivity index (χ3n) is 7.61. The van der Waals surface area contributed by atoms with E-state index in [1.54, 1.807) is 0 Å². The molecule has 194 valence electrons. The third kappa shape index (κ3) is 7.80. The number of hydrogen-bond acceptors (Lipinski definition) is 4. The Morgan fingerprint density at radius 1 is 0.861 bits per heavy atom. The second-order valence-corrected chi connectivity index (χ2v) is 10.2. The number of nitrogens with zero attached hydrogens (tertiary/aromatic N) is 4. The topological polar surface area (TPSA) is 33.5 Å². The van der Waals surface area contributed by atoms with Gasteiger partial charge < -0.3 is 0 Å². The smallest absolute Gasteiger partial charge is 0.300 e. The van der Waals surface area contributed by atoms with Crippen LogP contribution in [0.3, 0.4) is 0 Å². The molecule has 0 radical (unpaired) electrons. The van der Waals surface area contributed by atoms with Crippen molar-refractivity contribution in [1.82, 2.24) is 14.7 Å². The van der Waals surface area contributed by atoms with Crippen molar-refractivity contribution in [2.45, 2.75) is 63.8 Å². The van der Waals surface area contributed by atoms with Crippen LogP contribution >= 0.6 is 0 Å². The molecule has 0 unspecified atom stereocenters. The lowest BCUT2D eigenvalue weighted by atomic mass is 10.0. The first kappa shape index (κ1) is 26.7. The SMILES string of the molecule is N#Cc1cccc(CN2CCN(CCN(Cc3cccc(C(F)(F)F)c3)C3CCCCCC3)CC2)c1. The molecule has 2 aromatic carbocycles. The standard InChI is InChI=1S/C29H37F3N4/c30-29(31,32)27-10-6-9-26(20-27)23-36(28-11-3-1-2-4-12-28)18-17-34-13-15-35(16-14-34)22-25-8-5-7-24(19-25)21-33/h5-10,19-20,28H,1-4,11-18,22-23H2. The zero-order valence-electron chi connectivity index (χ0n) is 21.0. The Morgan fingerprint density at radius 3 is 2.22 bits per heavy atom. The average molecular weight is 499 g/mol. The molecule has 2 aliphatic rings. The van der Waals surface area contributed by atoms with Gasteiger partial charge in [-0.1, -0.05) is 56.0 Å². The molecule has 2 fully saturated rings. The summed E-state index contributed by atoms with van der Waals surface area (Å²) in [5, 5.41) is 9.13. The Morgan fingerprint density at radius 2 is 1.53 bits per heavy atom. The summed E-state index contributed by atoms with van der Waals surface area (Å²) in [4.78, 5) is 7.36. The summed E-state index contributed by atoms with van der Waals surface area (Å²) < 4.78 is 39.8. The van der Waals surface area contributed by atoms with Gasteiger partial charge in [-0.05, 0) is 42.2 Å². The Bertz CT molecular complexity index is 1000.